The number of thiazole rings is 1. The summed E-state index contributed by atoms with van der Waals surface area (Å²) in [6, 6.07) is 11.7. The van der Waals surface area contributed by atoms with E-state index in [1.54, 1.807) is 18.2 Å². The van der Waals surface area contributed by atoms with Gasteiger partial charge in [-0.3, -0.25) is 9.20 Å². The number of benzene rings is 1. The topological polar surface area (TPSA) is 72.4 Å². The Bertz CT molecular complexity index is 1330. The molecule has 0 fully saturated rings. The Morgan fingerprint density at radius 2 is 2.10 bits per heavy atom. The van der Waals surface area contributed by atoms with Gasteiger partial charge in [-0.05, 0) is 42.6 Å². The number of imidazole rings is 1. The van der Waals surface area contributed by atoms with Crippen LogP contribution in [0.3, 0.4) is 0 Å². The van der Waals surface area contributed by atoms with E-state index in [1.165, 1.54) is 34.8 Å². The number of fused-ring (bicyclic) bond motifs is 1. The van der Waals surface area contributed by atoms with Crippen LogP contribution in [0.2, 0.25) is 0 Å². The molecule has 0 aliphatic rings. The highest BCUT2D eigenvalue weighted by molar-refractivity contribution is 7.17. The fourth-order valence-corrected chi connectivity index (χ4v) is 4.80. The molecule has 1 aromatic carbocycles. The van der Waals surface area contributed by atoms with Gasteiger partial charge in [-0.2, -0.15) is 0 Å². The fourth-order valence-electron chi connectivity index (χ4n) is 3.09. The molecule has 5 aromatic rings. The molecule has 9 heteroatoms. The van der Waals surface area contributed by atoms with E-state index >= 15 is 0 Å². The summed E-state index contributed by atoms with van der Waals surface area (Å²) in [4.78, 5) is 19.8. The minimum absolute atomic E-state index is 0.246. The Morgan fingerprint density at radius 3 is 2.83 bits per heavy atom. The minimum atomic E-state index is -0.293. The van der Waals surface area contributed by atoms with Crippen molar-refractivity contribution in [3.63, 3.8) is 0 Å². The Morgan fingerprint density at radius 1 is 1.27 bits per heavy atom. The number of carbonyl (C=O) groups excluding carboxylic acids is 1. The van der Waals surface area contributed by atoms with Gasteiger partial charge in [0.1, 0.15) is 5.82 Å². The first-order valence-electron chi connectivity index (χ1n) is 9.10. The lowest BCUT2D eigenvalue weighted by molar-refractivity contribution is 0.0942. The second kappa shape index (κ2) is 7.51. The van der Waals surface area contributed by atoms with Crippen LogP contribution in [0, 0.1) is 12.7 Å². The summed E-state index contributed by atoms with van der Waals surface area (Å²) in [5, 5.41) is 8.70. The van der Waals surface area contributed by atoms with Crippen LogP contribution in [0.4, 0.5) is 4.39 Å². The number of hydrogen-bond acceptors (Lipinski definition) is 6. The van der Waals surface area contributed by atoms with Crippen molar-refractivity contribution in [2.75, 3.05) is 0 Å². The molecule has 1 N–H and O–H groups in total. The highest BCUT2D eigenvalue weighted by Crippen LogP contribution is 2.28. The maximum absolute atomic E-state index is 13.1. The zero-order valence-electron chi connectivity index (χ0n) is 15.8. The quantitative estimate of drug-likeness (QED) is 0.412. The van der Waals surface area contributed by atoms with Crippen molar-refractivity contribution in [1.29, 1.82) is 0 Å². The molecule has 0 unspecified atom stereocenters. The van der Waals surface area contributed by atoms with Crippen molar-refractivity contribution in [3.05, 3.63) is 76.1 Å². The first-order valence-corrected chi connectivity index (χ1v) is 10.8. The minimum Gasteiger partial charge on any atom is -0.355 e. The van der Waals surface area contributed by atoms with Crippen LogP contribution in [0.5, 0.6) is 0 Å². The molecule has 0 saturated carbocycles. The SMILES string of the molecule is Cc1c(CNC(=O)c2cc(-c3cccs3)on2)sc2nc(-c3ccc(F)cc3)cn12. The van der Waals surface area contributed by atoms with E-state index in [0.29, 0.717) is 12.3 Å². The third-order valence-electron chi connectivity index (χ3n) is 4.71. The van der Waals surface area contributed by atoms with Gasteiger partial charge >= 0.3 is 0 Å². The Balaban J connectivity index is 1.31. The van der Waals surface area contributed by atoms with Crippen molar-refractivity contribution in [2.45, 2.75) is 13.5 Å². The molecule has 0 spiro atoms. The van der Waals surface area contributed by atoms with Crippen molar-refractivity contribution in [3.8, 4) is 21.9 Å². The lowest BCUT2D eigenvalue weighted by atomic mass is 10.2. The third kappa shape index (κ3) is 3.42. The van der Waals surface area contributed by atoms with Gasteiger partial charge in [-0.25, -0.2) is 9.37 Å². The first kappa shape index (κ1) is 18.7. The fraction of sp³-hybridized carbons (Fsp3) is 0.0952. The van der Waals surface area contributed by atoms with Crippen molar-refractivity contribution >= 4 is 33.5 Å². The number of aryl methyl sites for hydroxylation is 1. The summed E-state index contributed by atoms with van der Waals surface area (Å²) in [6.45, 7) is 2.35. The molecular formula is C21H15FN4O2S2. The second-order valence-electron chi connectivity index (χ2n) is 6.63. The lowest BCUT2D eigenvalue weighted by Gasteiger charge is -2.02. The molecule has 0 atom stereocenters. The summed E-state index contributed by atoms with van der Waals surface area (Å²) >= 11 is 3.03. The number of thiophene rings is 1. The second-order valence-corrected chi connectivity index (χ2v) is 8.64. The first-order chi connectivity index (χ1) is 14.6. The maximum Gasteiger partial charge on any atom is 0.273 e. The average Bonchev–Trinajstić information content (AvgIpc) is 3.52. The molecule has 0 saturated heterocycles. The van der Waals surface area contributed by atoms with Crippen molar-refractivity contribution in [1.82, 2.24) is 19.9 Å². The summed E-state index contributed by atoms with van der Waals surface area (Å²) < 4.78 is 20.4. The summed E-state index contributed by atoms with van der Waals surface area (Å²) in [6.07, 6.45) is 1.92. The summed E-state index contributed by atoms with van der Waals surface area (Å²) in [7, 11) is 0. The van der Waals surface area contributed by atoms with Gasteiger partial charge in [0, 0.05) is 28.4 Å². The third-order valence-corrected chi connectivity index (χ3v) is 6.75. The van der Waals surface area contributed by atoms with Gasteiger partial charge in [-0.15, -0.1) is 11.3 Å². The number of rotatable bonds is 5. The van der Waals surface area contributed by atoms with Crippen LogP contribution in [0.25, 0.3) is 26.9 Å². The molecule has 1 amide bonds. The van der Waals surface area contributed by atoms with Crippen molar-refractivity contribution in [2.24, 2.45) is 0 Å². The number of hydrogen-bond donors (Lipinski definition) is 1. The Labute approximate surface area is 178 Å². The standard InChI is InChI=1S/C21H15FN4O2S2/c1-12-19(10-23-20(27)15-9-17(28-25-15)18-3-2-8-29-18)30-21-24-16(11-26(12)21)13-4-6-14(22)7-5-13/h2-9,11H,10H2,1H3,(H,23,27). The maximum atomic E-state index is 13.1. The lowest BCUT2D eigenvalue weighted by Crippen LogP contribution is -2.23. The average molecular weight is 439 g/mol. The number of carbonyl (C=O) groups is 1. The van der Waals surface area contributed by atoms with Gasteiger partial charge in [0.15, 0.2) is 16.4 Å². The smallest absolute Gasteiger partial charge is 0.273 e. The van der Waals surface area contributed by atoms with E-state index in [2.05, 4.69) is 15.5 Å². The summed E-state index contributed by atoms with van der Waals surface area (Å²) in [5.41, 5.74) is 2.88. The van der Waals surface area contributed by atoms with E-state index in [9.17, 15) is 9.18 Å². The zero-order chi connectivity index (χ0) is 20.7. The highest BCUT2D eigenvalue weighted by atomic mass is 32.1. The molecular weight excluding hydrogens is 423 g/mol. The molecule has 150 valence electrons. The molecule has 0 aliphatic heterocycles. The van der Waals surface area contributed by atoms with E-state index in [4.69, 9.17) is 4.52 Å². The van der Waals surface area contributed by atoms with Crippen LogP contribution in [0.1, 0.15) is 21.1 Å². The van der Waals surface area contributed by atoms with Gasteiger partial charge in [-0.1, -0.05) is 22.6 Å². The van der Waals surface area contributed by atoms with Crippen LogP contribution in [0.15, 0.2) is 58.6 Å². The largest absolute Gasteiger partial charge is 0.355 e. The monoisotopic (exact) mass is 438 g/mol. The van der Waals surface area contributed by atoms with E-state index in [-0.39, 0.29) is 17.4 Å². The predicted molar refractivity (Wildman–Crippen MR) is 114 cm³/mol. The van der Waals surface area contributed by atoms with Crippen molar-refractivity contribution < 1.29 is 13.7 Å². The normalized spacial score (nSPS) is 11.3. The van der Waals surface area contributed by atoms with Gasteiger partial charge in [0.25, 0.3) is 5.91 Å². The van der Waals surface area contributed by atoms with E-state index in [0.717, 1.165) is 31.7 Å². The molecule has 0 bridgehead atoms. The van der Waals surface area contributed by atoms with Gasteiger partial charge in [0.05, 0.1) is 17.1 Å². The molecule has 0 aliphatic carbocycles. The predicted octanol–water partition coefficient (Wildman–Crippen LogP) is 5.16. The number of halogens is 1. The molecule has 6 nitrogen and oxygen atoms in total. The molecule has 5 rings (SSSR count). The van der Waals surface area contributed by atoms with Gasteiger partial charge < -0.3 is 9.84 Å². The van der Waals surface area contributed by atoms with Crippen LogP contribution in [-0.4, -0.2) is 20.4 Å². The zero-order valence-corrected chi connectivity index (χ0v) is 17.4. The molecule has 0 radical (unpaired) electrons. The van der Waals surface area contributed by atoms with Crippen LogP contribution >= 0.6 is 22.7 Å². The molecule has 30 heavy (non-hydrogen) atoms. The number of aromatic nitrogens is 3. The van der Waals surface area contributed by atoms with E-state index in [1.807, 2.05) is 35.0 Å². The van der Waals surface area contributed by atoms with E-state index < -0.39 is 0 Å². The molecule has 4 heterocycles. The highest BCUT2D eigenvalue weighted by Gasteiger charge is 2.17. The van der Waals surface area contributed by atoms with Crippen LogP contribution < -0.4 is 5.32 Å². The molecule has 4 aromatic heterocycles. The number of nitrogens with one attached hydrogen (secondary N) is 1. The summed E-state index contributed by atoms with van der Waals surface area (Å²) in [5.74, 6) is 0.0110. The van der Waals surface area contributed by atoms with Crippen LogP contribution in [-0.2, 0) is 6.54 Å². The Kier molecular flexibility index (Phi) is 4.68. The van der Waals surface area contributed by atoms with Gasteiger partial charge in [0.2, 0.25) is 0 Å². The number of amides is 1. The number of nitrogens with zero attached hydrogens (tertiary/aromatic N) is 3. The Hall–Kier alpha value is -3.30.